The number of carbonyl (C=O) groups excluding carboxylic acids is 1. The molecule has 0 aliphatic rings. The third-order valence-electron chi connectivity index (χ3n) is 0.282. The van der Waals surface area contributed by atoms with Gasteiger partial charge in [0, 0.05) is 0 Å². The zero-order chi connectivity index (χ0) is 4.99. The van der Waals surface area contributed by atoms with Crippen molar-refractivity contribution in [2.75, 3.05) is 6.67 Å². The maximum absolute atomic E-state index is 10.9. The predicted octanol–water partition coefficient (Wildman–Crippen LogP) is -1.05. The Bertz CT molecular complexity index is 49.5. The molecule has 0 aromatic rings. The van der Waals surface area contributed by atoms with Crippen LogP contribution in [0.4, 0.5) is 4.39 Å². The Morgan fingerprint density at radius 3 is 2.50 bits per heavy atom. The van der Waals surface area contributed by atoms with E-state index in [1.807, 2.05) is 0 Å². The topological polar surface area (TPSA) is 55.1 Å². The van der Waals surface area contributed by atoms with Crippen LogP contribution in [0.5, 0.6) is 0 Å². The van der Waals surface area contributed by atoms with Crippen molar-refractivity contribution in [1.82, 2.24) is 5.43 Å². The molecular weight excluding hydrogens is 87.0 g/mol. The fraction of sp³-hybridized carbons (Fsp3) is 0.500. The number of hydrazine groups is 1. The Hall–Kier alpha value is -0.640. The number of nitrogens with two attached hydrogens (primary N) is 1. The molecule has 0 saturated heterocycles. The van der Waals surface area contributed by atoms with Gasteiger partial charge in [-0.2, -0.15) is 0 Å². The first-order chi connectivity index (χ1) is 2.81. The smallest absolute Gasteiger partial charge is 0.265 e. The largest absolute Gasteiger partial charge is 0.292 e. The van der Waals surface area contributed by atoms with Crippen molar-refractivity contribution >= 4 is 5.91 Å². The lowest BCUT2D eigenvalue weighted by Crippen LogP contribution is -2.31. The first-order valence-electron chi connectivity index (χ1n) is 1.36. The molecule has 0 unspecified atom stereocenters. The van der Waals surface area contributed by atoms with Gasteiger partial charge in [0.25, 0.3) is 5.91 Å². The Kier molecular flexibility index (Phi) is 2.31. The highest BCUT2D eigenvalue weighted by atomic mass is 19.1. The summed E-state index contributed by atoms with van der Waals surface area (Å²) in [6, 6.07) is 0. The maximum atomic E-state index is 10.9. The second-order valence-electron chi connectivity index (χ2n) is 0.701. The number of alkyl halides is 1. The van der Waals surface area contributed by atoms with Gasteiger partial charge in [-0.25, -0.2) is 10.2 Å². The fourth-order valence-electron chi connectivity index (χ4n) is 0.0386. The van der Waals surface area contributed by atoms with Crippen LogP contribution >= 0.6 is 0 Å². The van der Waals surface area contributed by atoms with Gasteiger partial charge in [-0.3, -0.25) is 10.2 Å². The van der Waals surface area contributed by atoms with Crippen molar-refractivity contribution in [3.63, 3.8) is 0 Å². The number of rotatable bonds is 1. The minimum Gasteiger partial charge on any atom is -0.292 e. The summed E-state index contributed by atoms with van der Waals surface area (Å²) in [5.41, 5.74) is 1.60. The van der Waals surface area contributed by atoms with Crippen LogP contribution in [0.3, 0.4) is 0 Å². The Labute approximate surface area is 34.3 Å². The summed E-state index contributed by atoms with van der Waals surface area (Å²) >= 11 is 0. The molecule has 0 heterocycles. The maximum Gasteiger partial charge on any atom is 0.265 e. The summed E-state index contributed by atoms with van der Waals surface area (Å²) in [5, 5.41) is 0. The highest BCUT2D eigenvalue weighted by molar-refractivity contribution is 5.76. The molecule has 4 heteroatoms. The molecule has 0 saturated carbocycles. The molecule has 1 amide bonds. The van der Waals surface area contributed by atoms with E-state index in [2.05, 4.69) is 5.84 Å². The van der Waals surface area contributed by atoms with Crippen molar-refractivity contribution in [3.8, 4) is 0 Å². The molecule has 0 spiro atoms. The van der Waals surface area contributed by atoms with Gasteiger partial charge in [0.1, 0.15) is 0 Å². The first kappa shape index (κ1) is 5.36. The number of carbonyl (C=O) groups is 1. The molecule has 0 aromatic carbocycles. The molecule has 0 aliphatic carbocycles. The lowest BCUT2D eigenvalue weighted by molar-refractivity contribution is -0.121. The van der Waals surface area contributed by atoms with Gasteiger partial charge in [0.05, 0.1) is 0 Å². The quantitative estimate of drug-likeness (QED) is 0.246. The third kappa shape index (κ3) is 1.66. The second kappa shape index (κ2) is 2.59. The third-order valence-corrected chi connectivity index (χ3v) is 0.282. The molecule has 0 bridgehead atoms. The van der Waals surface area contributed by atoms with Crippen LogP contribution in [-0.4, -0.2) is 12.6 Å². The number of hydrogen-bond donors (Lipinski definition) is 2. The monoisotopic (exact) mass is 92.0 g/mol. The summed E-state index contributed by atoms with van der Waals surface area (Å²) in [7, 11) is 0. The minimum absolute atomic E-state index is 0.796. The van der Waals surface area contributed by atoms with Crippen molar-refractivity contribution in [2.45, 2.75) is 0 Å². The van der Waals surface area contributed by atoms with E-state index in [1.165, 1.54) is 0 Å². The van der Waals surface area contributed by atoms with E-state index in [-0.39, 0.29) is 0 Å². The van der Waals surface area contributed by atoms with Crippen molar-refractivity contribution < 1.29 is 9.18 Å². The average molecular weight is 92.1 g/mol. The second-order valence-corrected chi connectivity index (χ2v) is 0.701. The average Bonchev–Trinajstić information content (AvgIpc) is 1.65. The van der Waals surface area contributed by atoms with E-state index in [1.54, 1.807) is 5.43 Å². The molecule has 6 heavy (non-hydrogen) atoms. The molecule has 0 radical (unpaired) electrons. The predicted molar refractivity (Wildman–Crippen MR) is 18.3 cm³/mol. The summed E-state index contributed by atoms with van der Waals surface area (Å²) < 4.78 is 10.9. The van der Waals surface area contributed by atoms with Crippen LogP contribution in [0, 0.1) is 0 Å². The summed E-state index contributed by atoms with van der Waals surface area (Å²) in [5.74, 6) is 3.65. The van der Waals surface area contributed by atoms with E-state index in [9.17, 15) is 9.18 Å². The van der Waals surface area contributed by atoms with Gasteiger partial charge in [0.2, 0.25) is 0 Å². The van der Waals surface area contributed by atoms with Gasteiger partial charge in [0.15, 0.2) is 6.67 Å². The van der Waals surface area contributed by atoms with Crippen LogP contribution in [-0.2, 0) is 4.79 Å². The van der Waals surface area contributed by atoms with Gasteiger partial charge in [-0.05, 0) is 0 Å². The number of halogens is 1. The van der Waals surface area contributed by atoms with Crippen LogP contribution in [0.15, 0.2) is 0 Å². The molecule has 0 aliphatic heterocycles. The zero-order valence-electron chi connectivity index (χ0n) is 3.07. The fourth-order valence-corrected chi connectivity index (χ4v) is 0.0386. The summed E-state index contributed by atoms with van der Waals surface area (Å²) in [6.45, 7) is -1.05. The van der Waals surface area contributed by atoms with E-state index in [0.717, 1.165) is 0 Å². The van der Waals surface area contributed by atoms with Gasteiger partial charge in [-0.1, -0.05) is 0 Å². The lowest BCUT2D eigenvalue weighted by atomic mass is 10.7. The van der Waals surface area contributed by atoms with Crippen LogP contribution in [0.25, 0.3) is 0 Å². The highest BCUT2D eigenvalue weighted by Gasteiger charge is 1.89. The van der Waals surface area contributed by atoms with Gasteiger partial charge < -0.3 is 0 Å². The molecule has 0 rings (SSSR count). The molecule has 36 valence electrons. The zero-order valence-corrected chi connectivity index (χ0v) is 3.07. The van der Waals surface area contributed by atoms with Gasteiger partial charge >= 0.3 is 0 Å². The van der Waals surface area contributed by atoms with Crippen molar-refractivity contribution in [3.05, 3.63) is 0 Å². The molecule has 3 N–H and O–H groups in total. The Morgan fingerprint density at radius 2 is 2.50 bits per heavy atom. The summed E-state index contributed by atoms with van der Waals surface area (Å²) in [4.78, 5) is 9.57. The Balaban J connectivity index is 2.99. The lowest BCUT2D eigenvalue weighted by Gasteiger charge is -1.85. The number of amides is 1. The van der Waals surface area contributed by atoms with Crippen molar-refractivity contribution in [2.24, 2.45) is 5.84 Å². The van der Waals surface area contributed by atoms with Crippen LogP contribution < -0.4 is 11.3 Å². The standard InChI is InChI=1S/C2H5FN2O/c3-1-2(6)5-4/h1,4H2,(H,5,6). The molecule has 0 fully saturated rings. The molecular formula is C2H5FN2O. The van der Waals surface area contributed by atoms with E-state index < -0.39 is 12.6 Å². The van der Waals surface area contributed by atoms with Crippen LogP contribution in [0.1, 0.15) is 0 Å². The highest BCUT2D eigenvalue weighted by Crippen LogP contribution is 1.59. The van der Waals surface area contributed by atoms with E-state index in [0.29, 0.717) is 0 Å². The Morgan fingerprint density at radius 1 is 2.00 bits per heavy atom. The minimum atomic E-state index is -1.05. The molecule has 0 aromatic heterocycles. The normalized spacial score (nSPS) is 7.67. The van der Waals surface area contributed by atoms with Gasteiger partial charge in [-0.15, -0.1) is 0 Å². The molecule has 3 nitrogen and oxygen atoms in total. The molecule has 0 atom stereocenters. The van der Waals surface area contributed by atoms with Crippen LogP contribution in [0.2, 0.25) is 0 Å². The van der Waals surface area contributed by atoms with E-state index in [4.69, 9.17) is 0 Å². The summed E-state index contributed by atoms with van der Waals surface area (Å²) in [6.07, 6.45) is 0. The number of hydrogen-bond acceptors (Lipinski definition) is 2. The van der Waals surface area contributed by atoms with E-state index >= 15 is 0 Å². The number of nitrogens with one attached hydrogen (secondary N) is 1. The first-order valence-corrected chi connectivity index (χ1v) is 1.36. The SMILES string of the molecule is NNC(=O)CF. The van der Waals surface area contributed by atoms with Crippen molar-refractivity contribution in [1.29, 1.82) is 0 Å².